The Bertz CT molecular complexity index is 812. The van der Waals surface area contributed by atoms with E-state index in [4.69, 9.17) is 5.73 Å². The second-order valence-electron chi connectivity index (χ2n) is 5.34. The number of rotatable bonds is 2. The number of fused-ring (bicyclic) bond motifs is 1. The van der Waals surface area contributed by atoms with E-state index in [1.54, 1.807) is 18.2 Å². The average Bonchev–Trinajstić information content (AvgIpc) is 2.47. The molecule has 0 radical (unpaired) electrons. The summed E-state index contributed by atoms with van der Waals surface area (Å²) in [6.45, 7) is 4.10. The maximum atomic E-state index is 13.9. The van der Waals surface area contributed by atoms with Crippen molar-refractivity contribution in [3.63, 3.8) is 0 Å². The highest BCUT2D eigenvalue weighted by molar-refractivity contribution is 5.95. The lowest BCUT2D eigenvalue weighted by atomic mass is 10.0. The van der Waals surface area contributed by atoms with Gasteiger partial charge >= 0.3 is 0 Å². The molecule has 1 heterocycles. The van der Waals surface area contributed by atoms with Crippen molar-refractivity contribution in [2.75, 3.05) is 5.73 Å². The van der Waals surface area contributed by atoms with Crippen molar-refractivity contribution < 1.29 is 4.39 Å². The van der Waals surface area contributed by atoms with Gasteiger partial charge in [0.15, 0.2) is 5.82 Å². The van der Waals surface area contributed by atoms with Gasteiger partial charge in [0.25, 0.3) is 0 Å². The third-order valence-electron chi connectivity index (χ3n) is 3.47. The smallest absolute Gasteiger partial charge is 0.162 e. The van der Waals surface area contributed by atoms with E-state index < -0.39 is 0 Å². The second kappa shape index (κ2) is 5.13. The van der Waals surface area contributed by atoms with Gasteiger partial charge in [-0.2, -0.15) is 0 Å². The Morgan fingerprint density at radius 1 is 1.00 bits per heavy atom. The van der Waals surface area contributed by atoms with Crippen molar-refractivity contribution in [3.8, 4) is 11.4 Å². The predicted molar refractivity (Wildman–Crippen MR) is 83.4 cm³/mol. The maximum absolute atomic E-state index is 13.9. The summed E-state index contributed by atoms with van der Waals surface area (Å²) in [5, 5.41) is 1.35. The summed E-state index contributed by atoms with van der Waals surface area (Å²) >= 11 is 0. The number of benzene rings is 2. The van der Waals surface area contributed by atoms with Crippen LogP contribution >= 0.6 is 0 Å². The molecule has 2 N–H and O–H groups in total. The van der Waals surface area contributed by atoms with Crippen LogP contribution in [0.15, 0.2) is 42.5 Å². The topological polar surface area (TPSA) is 51.8 Å². The van der Waals surface area contributed by atoms with Crippen LogP contribution in [0.4, 0.5) is 10.2 Å². The van der Waals surface area contributed by atoms with Crippen LogP contribution in [-0.2, 0) is 0 Å². The predicted octanol–water partition coefficient (Wildman–Crippen LogP) is 4.14. The van der Waals surface area contributed by atoms with Crippen molar-refractivity contribution in [1.29, 1.82) is 0 Å². The molecule has 3 aromatic rings. The molecule has 3 nitrogen and oxygen atoms in total. The Morgan fingerprint density at radius 3 is 2.43 bits per heavy atom. The van der Waals surface area contributed by atoms with Gasteiger partial charge in [0.1, 0.15) is 11.6 Å². The van der Waals surface area contributed by atoms with E-state index in [1.165, 1.54) is 6.07 Å². The first-order valence-corrected chi connectivity index (χ1v) is 6.88. The Morgan fingerprint density at radius 2 is 1.71 bits per heavy atom. The molecule has 21 heavy (non-hydrogen) atoms. The highest BCUT2D eigenvalue weighted by Gasteiger charge is 2.12. The summed E-state index contributed by atoms with van der Waals surface area (Å²) in [6.07, 6.45) is 0. The van der Waals surface area contributed by atoms with Crippen LogP contribution in [0, 0.1) is 5.82 Å². The molecule has 0 unspecified atom stereocenters. The molecule has 0 saturated carbocycles. The fourth-order valence-corrected chi connectivity index (χ4v) is 2.36. The Hall–Kier alpha value is -2.49. The monoisotopic (exact) mass is 281 g/mol. The van der Waals surface area contributed by atoms with Gasteiger partial charge in [-0.15, -0.1) is 0 Å². The van der Waals surface area contributed by atoms with Crippen LogP contribution in [0.1, 0.15) is 25.5 Å². The molecule has 3 rings (SSSR count). The molecule has 0 fully saturated rings. The molecule has 2 aromatic carbocycles. The Kier molecular flexibility index (Phi) is 3.29. The Labute approximate surface area is 122 Å². The van der Waals surface area contributed by atoms with Gasteiger partial charge in [-0.25, -0.2) is 14.4 Å². The van der Waals surface area contributed by atoms with Crippen LogP contribution in [0.3, 0.4) is 0 Å². The second-order valence-corrected chi connectivity index (χ2v) is 5.34. The third kappa shape index (κ3) is 2.44. The normalized spacial score (nSPS) is 11.2. The summed E-state index contributed by atoms with van der Waals surface area (Å²) < 4.78 is 13.9. The molecular formula is C17H16FN3. The summed E-state index contributed by atoms with van der Waals surface area (Å²) in [4.78, 5) is 8.88. The molecule has 0 aliphatic carbocycles. The fourth-order valence-electron chi connectivity index (χ4n) is 2.36. The molecule has 106 valence electrons. The molecule has 1 aromatic heterocycles. The number of nitrogen functional groups attached to an aromatic ring is 1. The minimum absolute atomic E-state index is 0.248. The zero-order valence-electron chi connectivity index (χ0n) is 12.0. The van der Waals surface area contributed by atoms with Crippen LogP contribution in [0.25, 0.3) is 22.2 Å². The zero-order valence-corrected chi connectivity index (χ0v) is 12.0. The number of anilines is 1. The SMILES string of the molecule is CC(C)c1cc(N)nc(-c2ccc(F)c3ccccc23)n1. The number of aromatic nitrogens is 2. The van der Waals surface area contributed by atoms with Gasteiger partial charge in [-0.05, 0) is 23.4 Å². The number of halogens is 1. The standard InChI is InChI=1S/C17H16FN3/c1-10(2)15-9-16(19)21-17(20-15)13-7-8-14(18)12-6-4-3-5-11(12)13/h3-10H,1-2H3,(H2,19,20,21). The molecule has 0 amide bonds. The van der Waals surface area contributed by atoms with E-state index in [-0.39, 0.29) is 11.7 Å². The van der Waals surface area contributed by atoms with Crippen LogP contribution < -0.4 is 5.73 Å². The number of nitrogens with two attached hydrogens (primary N) is 1. The summed E-state index contributed by atoms with van der Waals surface area (Å²) in [5.74, 6) is 0.968. The largest absolute Gasteiger partial charge is 0.384 e. The van der Waals surface area contributed by atoms with Crippen molar-refractivity contribution in [3.05, 3.63) is 54.0 Å². The molecule has 0 bridgehead atoms. The molecule has 0 aliphatic rings. The van der Waals surface area contributed by atoms with E-state index in [9.17, 15) is 4.39 Å². The van der Waals surface area contributed by atoms with Crippen LogP contribution in [0.5, 0.6) is 0 Å². The third-order valence-corrected chi connectivity index (χ3v) is 3.47. The van der Waals surface area contributed by atoms with Gasteiger partial charge < -0.3 is 5.73 Å². The first-order valence-electron chi connectivity index (χ1n) is 6.88. The number of hydrogen-bond donors (Lipinski definition) is 1. The highest BCUT2D eigenvalue weighted by atomic mass is 19.1. The van der Waals surface area contributed by atoms with Crippen molar-refractivity contribution in [1.82, 2.24) is 9.97 Å². The zero-order chi connectivity index (χ0) is 15.0. The summed E-state index contributed by atoms with van der Waals surface area (Å²) in [6, 6.07) is 12.2. The van der Waals surface area contributed by atoms with Crippen LogP contribution in [-0.4, -0.2) is 9.97 Å². The molecule has 0 spiro atoms. The van der Waals surface area contributed by atoms with Crippen molar-refractivity contribution in [2.24, 2.45) is 0 Å². The van der Waals surface area contributed by atoms with E-state index >= 15 is 0 Å². The minimum Gasteiger partial charge on any atom is -0.384 e. The summed E-state index contributed by atoms with van der Waals surface area (Å²) in [5.41, 5.74) is 7.56. The number of nitrogens with zero attached hydrogens (tertiary/aromatic N) is 2. The number of hydrogen-bond acceptors (Lipinski definition) is 3. The minimum atomic E-state index is -0.248. The van der Waals surface area contributed by atoms with Gasteiger partial charge in [-0.3, -0.25) is 0 Å². The van der Waals surface area contributed by atoms with Gasteiger partial charge in [0.2, 0.25) is 0 Å². The fraction of sp³-hybridized carbons (Fsp3) is 0.176. The lowest BCUT2D eigenvalue weighted by Gasteiger charge is -2.10. The molecular weight excluding hydrogens is 265 g/mol. The van der Waals surface area contributed by atoms with Gasteiger partial charge in [0.05, 0.1) is 0 Å². The maximum Gasteiger partial charge on any atom is 0.162 e. The molecule has 0 aliphatic heterocycles. The average molecular weight is 281 g/mol. The van der Waals surface area contributed by atoms with Crippen molar-refractivity contribution >= 4 is 16.6 Å². The van der Waals surface area contributed by atoms with E-state index in [2.05, 4.69) is 9.97 Å². The highest BCUT2D eigenvalue weighted by Crippen LogP contribution is 2.29. The van der Waals surface area contributed by atoms with Gasteiger partial charge in [-0.1, -0.05) is 38.1 Å². The molecule has 0 saturated heterocycles. The van der Waals surface area contributed by atoms with Crippen molar-refractivity contribution in [2.45, 2.75) is 19.8 Å². The van der Waals surface area contributed by atoms with Gasteiger partial charge in [0, 0.05) is 22.7 Å². The summed E-state index contributed by atoms with van der Waals surface area (Å²) in [7, 11) is 0. The molecule has 0 atom stereocenters. The van der Waals surface area contributed by atoms with E-state index in [0.717, 1.165) is 16.6 Å². The lowest BCUT2D eigenvalue weighted by molar-refractivity contribution is 0.640. The van der Waals surface area contributed by atoms with E-state index in [1.807, 2.05) is 32.0 Å². The van der Waals surface area contributed by atoms with E-state index in [0.29, 0.717) is 17.0 Å². The first kappa shape index (κ1) is 13.5. The van der Waals surface area contributed by atoms with Crippen LogP contribution in [0.2, 0.25) is 0 Å². The lowest BCUT2D eigenvalue weighted by Crippen LogP contribution is -2.02. The molecule has 4 heteroatoms. The Balaban J connectivity index is 2.28. The first-order chi connectivity index (χ1) is 10.1. The quantitative estimate of drug-likeness (QED) is 0.768.